The molecule has 0 aromatic heterocycles. The molecule has 198 valence electrons. The molecule has 0 radical (unpaired) electrons. The molecule has 2 amide bonds. The predicted molar refractivity (Wildman–Crippen MR) is 133 cm³/mol. The monoisotopic (exact) mass is 547 g/mol. The molecule has 0 fully saturated rings. The van der Waals surface area contributed by atoms with Gasteiger partial charge in [-0.1, -0.05) is 42.8 Å². The molecule has 7 nitrogen and oxygen atoms in total. The molecule has 2 rings (SSSR count). The van der Waals surface area contributed by atoms with Crippen molar-refractivity contribution >= 4 is 39.1 Å². The average Bonchev–Trinajstić information content (AvgIpc) is 2.78. The zero-order valence-electron chi connectivity index (χ0n) is 20.4. The average molecular weight is 548 g/mol. The lowest BCUT2D eigenvalue weighted by atomic mass is 10.1. The standard InChI is InChI=1S/C24H29ClF3N3O4S/c1-5-12-29-23(33)17(3)30(14-18-9-7-6-8-16(18)2)22(32)15-31(36(4,34)35)19-10-11-21(25)20(13-19)24(26,27)28/h6-11,13,17H,5,12,14-15H2,1-4H3,(H,29,33)/t17-/m0/s1. The van der Waals surface area contributed by atoms with E-state index in [1.807, 2.05) is 26.0 Å². The second-order valence-electron chi connectivity index (χ2n) is 8.35. The molecular formula is C24H29ClF3N3O4S. The highest BCUT2D eigenvalue weighted by Gasteiger charge is 2.35. The van der Waals surface area contributed by atoms with Gasteiger partial charge in [-0.2, -0.15) is 13.2 Å². The van der Waals surface area contributed by atoms with Gasteiger partial charge in [-0.15, -0.1) is 0 Å². The fraction of sp³-hybridized carbons (Fsp3) is 0.417. The van der Waals surface area contributed by atoms with E-state index >= 15 is 0 Å². The van der Waals surface area contributed by atoms with Crippen molar-refractivity contribution in [2.45, 2.75) is 46.0 Å². The van der Waals surface area contributed by atoms with Crippen LogP contribution in [0.5, 0.6) is 0 Å². The summed E-state index contributed by atoms with van der Waals surface area (Å²) >= 11 is 5.67. The molecule has 1 atom stereocenters. The molecule has 0 aliphatic heterocycles. The summed E-state index contributed by atoms with van der Waals surface area (Å²) in [6.07, 6.45) is -3.38. The third-order valence-electron chi connectivity index (χ3n) is 5.54. The molecule has 0 saturated heterocycles. The van der Waals surface area contributed by atoms with E-state index in [2.05, 4.69) is 5.32 Å². The largest absolute Gasteiger partial charge is 0.417 e. The highest BCUT2D eigenvalue weighted by atomic mass is 35.5. The maximum absolute atomic E-state index is 13.4. The molecule has 0 heterocycles. The van der Waals surface area contributed by atoms with E-state index in [-0.39, 0.29) is 12.2 Å². The Hall–Kier alpha value is -2.79. The van der Waals surface area contributed by atoms with Gasteiger partial charge in [0, 0.05) is 13.1 Å². The lowest BCUT2D eigenvalue weighted by Gasteiger charge is -2.32. The molecule has 0 unspecified atom stereocenters. The highest BCUT2D eigenvalue weighted by molar-refractivity contribution is 7.92. The van der Waals surface area contributed by atoms with Crippen molar-refractivity contribution in [2.75, 3.05) is 23.7 Å². The predicted octanol–water partition coefficient (Wildman–Crippen LogP) is 4.38. The van der Waals surface area contributed by atoms with Crippen LogP contribution in [0.15, 0.2) is 42.5 Å². The summed E-state index contributed by atoms with van der Waals surface area (Å²) < 4.78 is 65.8. The van der Waals surface area contributed by atoms with E-state index in [1.54, 1.807) is 12.1 Å². The Labute approximate surface area is 214 Å². The number of rotatable bonds is 10. The van der Waals surface area contributed by atoms with Crippen molar-refractivity contribution in [2.24, 2.45) is 0 Å². The van der Waals surface area contributed by atoms with Crippen molar-refractivity contribution in [3.8, 4) is 0 Å². The van der Waals surface area contributed by atoms with Gasteiger partial charge >= 0.3 is 6.18 Å². The number of nitrogens with one attached hydrogen (secondary N) is 1. The number of carbonyl (C=O) groups is 2. The summed E-state index contributed by atoms with van der Waals surface area (Å²) in [5, 5.41) is 2.11. The van der Waals surface area contributed by atoms with Crippen LogP contribution in [0, 0.1) is 6.92 Å². The van der Waals surface area contributed by atoms with Gasteiger partial charge in [0.2, 0.25) is 21.8 Å². The van der Waals surface area contributed by atoms with Gasteiger partial charge in [-0.25, -0.2) is 8.42 Å². The van der Waals surface area contributed by atoms with Crippen LogP contribution in [0.3, 0.4) is 0 Å². The Morgan fingerprint density at radius 1 is 1.14 bits per heavy atom. The normalized spacial score (nSPS) is 12.7. The number of halogens is 4. The van der Waals surface area contributed by atoms with Crippen LogP contribution in [0.4, 0.5) is 18.9 Å². The highest BCUT2D eigenvalue weighted by Crippen LogP contribution is 2.37. The van der Waals surface area contributed by atoms with Crippen LogP contribution in [-0.2, 0) is 32.3 Å². The second-order valence-corrected chi connectivity index (χ2v) is 10.7. The molecule has 0 bridgehead atoms. The fourth-order valence-corrected chi connectivity index (χ4v) is 4.52. The first-order chi connectivity index (χ1) is 16.7. The number of sulfonamides is 1. The summed E-state index contributed by atoms with van der Waals surface area (Å²) in [5.74, 6) is -1.19. The molecule has 2 aromatic rings. The number of nitrogens with zero attached hydrogens (tertiary/aromatic N) is 2. The van der Waals surface area contributed by atoms with Crippen LogP contribution in [-0.4, -0.2) is 50.5 Å². The van der Waals surface area contributed by atoms with Gasteiger partial charge < -0.3 is 10.2 Å². The number of hydrogen-bond donors (Lipinski definition) is 1. The van der Waals surface area contributed by atoms with E-state index in [9.17, 15) is 31.2 Å². The van der Waals surface area contributed by atoms with Crippen LogP contribution in [0.1, 0.15) is 37.0 Å². The number of carbonyl (C=O) groups excluding carboxylic acids is 2. The van der Waals surface area contributed by atoms with Crippen LogP contribution < -0.4 is 9.62 Å². The quantitative estimate of drug-likeness (QED) is 0.478. The van der Waals surface area contributed by atoms with Crippen molar-refractivity contribution in [1.29, 1.82) is 0 Å². The molecule has 2 aromatic carbocycles. The number of alkyl halides is 3. The maximum Gasteiger partial charge on any atom is 0.417 e. The molecule has 36 heavy (non-hydrogen) atoms. The molecule has 0 aliphatic rings. The third-order valence-corrected chi connectivity index (χ3v) is 7.01. The summed E-state index contributed by atoms with van der Waals surface area (Å²) in [5.41, 5.74) is -0.0185. The van der Waals surface area contributed by atoms with Crippen molar-refractivity contribution < 1.29 is 31.2 Å². The maximum atomic E-state index is 13.4. The SMILES string of the molecule is CCCNC(=O)[C@H](C)N(Cc1ccccc1C)C(=O)CN(c1ccc(Cl)c(C(F)(F)F)c1)S(C)(=O)=O. The minimum Gasteiger partial charge on any atom is -0.354 e. The summed E-state index contributed by atoms with van der Waals surface area (Å²) in [7, 11) is -4.19. The van der Waals surface area contributed by atoms with Gasteiger partial charge in [0.05, 0.1) is 22.5 Å². The number of amides is 2. The van der Waals surface area contributed by atoms with Crippen LogP contribution in [0.2, 0.25) is 5.02 Å². The fourth-order valence-electron chi connectivity index (χ4n) is 3.45. The zero-order valence-corrected chi connectivity index (χ0v) is 22.0. The molecule has 0 spiro atoms. The Kier molecular flexibility index (Phi) is 9.78. The van der Waals surface area contributed by atoms with E-state index in [0.29, 0.717) is 23.3 Å². The van der Waals surface area contributed by atoms with E-state index in [4.69, 9.17) is 11.6 Å². The lowest BCUT2D eigenvalue weighted by Crippen LogP contribution is -2.51. The van der Waals surface area contributed by atoms with Crippen LogP contribution >= 0.6 is 11.6 Å². The molecule has 0 saturated carbocycles. The van der Waals surface area contributed by atoms with Crippen LogP contribution in [0.25, 0.3) is 0 Å². The van der Waals surface area contributed by atoms with Crippen molar-refractivity contribution in [3.63, 3.8) is 0 Å². The first kappa shape index (κ1) is 29.4. The Morgan fingerprint density at radius 2 is 1.78 bits per heavy atom. The minimum absolute atomic E-state index is 0.00175. The molecule has 12 heteroatoms. The van der Waals surface area contributed by atoms with E-state index in [1.165, 1.54) is 11.8 Å². The van der Waals surface area contributed by atoms with Gasteiger partial charge in [0.1, 0.15) is 12.6 Å². The summed E-state index contributed by atoms with van der Waals surface area (Å²) in [6, 6.07) is 8.81. The third kappa shape index (κ3) is 7.60. The Balaban J connectivity index is 2.48. The number of hydrogen-bond acceptors (Lipinski definition) is 4. The first-order valence-electron chi connectivity index (χ1n) is 11.1. The van der Waals surface area contributed by atoms with E-state index in [0.717, 1.165) is 29.5 Å². The number of anilines is 1. The second kappa shape index (κ2) is 12.0. The van der Waals surface area contributed by atoms with Gasteiger partial charge in [-0.3, -0.25) is 13.9 Å². The molecular weight excluding hydrogens is 519 g/mol. The van der Waals surface area contributed by atoms with Gasteiger partial charge in [0.25, 0.3) is 0 Å². The lowest BCUT2D eigenvalue weighted by molar-refractivity contribution is -0.139. The molecule has 0 aliphatic carbocycles. The zero-order chi connectivity index (χ0) is 27.3. The number of benzene rings is 2. The Morgan fingerprint density at radius 3 is 2.33 bits per heavy atom. The molecule has 1 N–H and O–H groups in total. The first-order valence-corrected chi connectivity index (χ1v) is 13.4. The van der Waals surface area contributed by atoms with Crippen molar-refractivity contribution in [3.05, 3.63) is 64.2 Å². The van der Waals surface area contributed by atoms with Crippen molar-refractivity contribution in [1.82, 2.24) is 10.2 Å². The summed E-state index contributed by atoms with van der Waals surface area (Å²) in [6.45, 7) is 4.78. The van der Waals surface area contributed by atoms with Gasteiger partial charge in [-0.05, 0) is 49.6 Å². The minimum atomic E-state index is -4.83. The summed E-state index contributed by atoms with van der Waals surface area (Å²) in [4.78, 5) is 27.4. The smallest absolute Gasteiger partial charge is 0.354 e. The van der Waals surface area contributed by atoms with Gasteiger partial charge in [0.15, 0.2) is 0 Å². The Bertz CT molecular complexity index is 1210. The topological polar surface area (TPSA) is 86.8 Å². The number of aryl methyl sites for hydroxylation is 1. The van der Waals surface area contributed by atoms with E-state index < -0.39 is 51.2 Å².